The molecule has 268 valence electrons. The van der Waals surface area contributed by atoms with E-state index in [0.717, 1.165) is 53.2 Å². The smallest absolute Gasteiger partial charge is 0.243 e. The van der Waals surface area contributed by atoms with Crippen LogP contribution in [0.1, 0.15) is 35.1 Å². The summed E-state index contributed by atoms with van der Waals surface area (Å²) in [5.74, 6) is 0.840. The Bertz CT molecular complexity index is 1570. The molecule has 1 saturated heterocycles. The maximum absolute atomic E-state index is 13.9. The molecule has 11 nitrogen and oxygen atoms in total. The van der Waals surface area contributed by atoms with Crippen LogP contribution in [-0.2, 0) is 52.5 Å². The second-order valence-corrected chi connectivity index (χ2v) is 14.4. The third kappa shape index (κ3) is 9.19. The Hall–Kier alpha value is -3.07. The fourth-order valence-corrected chi connectivity index (χ4v) is 7.85. The summed E-state index contributed by atoms with van der Waals surface area (Å²) in [4.78, 5) is 2.57. The number of piperidine rings is 1. The number of ether oxygens (including phenoxy) is 6. The summed E-state index contributed by atoms with van der Waals surface area (Å²) in [5, 5.41) is 0. The zero-order valence-electron chi connectivity index (χ0n) is 29.0. The third-order valence-corrected chi connectivity index (χ3v) is 11.0. The van der Waals surface area contributed by atoms with Gasteiger partial charge in [0, 0.05) is 47.0 Å². The molecule has 3 aromatic rings. The van der Waals surface area contributed by atoms with Crippen molar-refractivity contribution in [2.45, 2.75) is 49.6 Å². The van der Waals surface area contributed by atoms with E-state index in [-0.39, 0.29) is 24.6 Å². The van der Waals surface area contributed by atoms with Gasteiger partial charge in [-0.25, -0.2) is 8.42 Å². The zero-order valence-corrected chi connectivity index (χ0v) is 29.8. The summed E-state index contributed by atoms with van der Waals surface area (Å²) in [6, 6.07) is 21.1. The monoisotopic (exact) mass is 697 g/mol. The number of fused-ring (bicyclic) bond motifs is 1. The molecule has 0 aromatic heterocycles. The Balaban J connectivity index is 1.44. The Morgan fingerprint density at radius 1 is 0.898 bits per heavy atom. The van der Waals surface area contributed by atoms with Gasteiger partial charge in [-0.3, -0.25) is 0 Å². The Labute approximate surface area is 291 Å². The van der Waals surface area contributed by atoms with Gasteiger partial charge in [0.25, 0.3) is 0 Å². The molecule has 2 atom stereocenters. The van der Waals surface area contributed by atoms with Crippen LogP contribution >= 0.6 is 0 Å². The highest BCUT2D eigenvalue weighted by atomic mass is 32.2. The van der Waals surface area contributed by atoms with Crippen LogP contribution in [0.5, 0.6) is 5.75 Å². The molecule has 0 radical (unpaired) electrons. The van der Waals surface area contributed by atoms with Crippen LogP contribution in [0.4, 0.5) is 5.69 Å². The molecule has 2 N–H and O–H groups in total. The summed E-state index contributed by atoms with van der Waals surface area (Å²) >= 11 is 0. The average molecular weight is 698 g/mol. The van der Waals surface area contributed by atoms with Gasteiger partial charge in [0.15, 0.2) is 0 Å². The molecule has 5 rings (SSSR count). The van der Waals surface area contributed by atoms with Gasteiger partial charge in [-0.15, -0.1) is 0 Å². The van der Waals surface area contributed by atoms with Gasteiger partial charge in [0.2, 0.25) is 10.0 Å². The molecule has 1 fully saturated rings. The van der Waals surface area contributed by atoms with Gasteiger partial charge in [-0.1, -0.05) is 48.0 Å². The van der Waals surface area contributed by atoms with E-state index in [4.69, 9.17) is 34.2 Å². The lowest BCUT2D eigenvalue weighted by atomic mass is 9.81. The topological polar surface area (TPSA) is 122 Å². The number of nitrogens with two attached hydrogens (primary N) is 1. The highest BCUT2D eigenvalue weighted by Gasteiger charge is 2.49. The van der Waals surface area contributed by atoms with E-state index in [0.29, 0.717) is 52.6 Å². The molecule has 0 aliphatic carbocycles. The minimum absolute atomic E-state index is 0.111. The largest absolute Gasteiger partial charge is 0.490 e. The van der Waals surface area contributed by atoms with Crippen LogP contribution in [0.3, 0.4) is 0 Å². The Kier molecular flexibility index (Phi) is 13.5. The van der Waals surface area contributed by atoms with Crippen LogP contribution in [0.2, 0.25) is 0 Å². The molecule has 2 heterocycles. The summed E-state index contributed by atoms with van der Waals surface area (Å²) in [6.45, 7) is 7.60. The minimum Gasteiger partial charge on any atom is -0.490 e. The molecule has 0 unspecified atom stereocenters. The van der Waals surface area contributed by atoms with Crippen LogP contribution in [0.25, 0.3) is 0 Å². The fourth-order valence-electron chi connectivity index (χ4n) is 6.41. The Morgan fingerprint density at radius 3 is 2.39 bits per heavy atom. The summed E-state index contributed by atoms with van der Waals surface area (Å²) in [7, 11) is -0.426. The SMILES string of the molecule is COCCCN1CCOc2ccc(CO[C@H]3CN(S(=O)(=O)c4ccc(C)cc4)CC[C@]3(OCCN)c3ccc(COCCOC)cc3)cc21. The zero-order chi connectivity index (χ0) is 34.7. The minimum atomic E-state index is -3.79. The van der Waals surface area contributed by atoms with E-state index in [9.17, 15) is 8.42 Å². The molecule has 0 bridgehead atoms. The van der Waals surface area contributed by atoms with Crippen LogP contribution in [0.15, 0.2) is 71.6 Å². The standard InChI is InChI=1S/C37H51N3O8S/c1-29-5-12-33(13-6-29)49(41,42)40-18-15-37(48-21-16-38,32-10-7-30(8-11-32)27-45-24-23-44-3)36(26-40)47-28-31-9-14-35-34(25-31)39(19-22-46-35)17-4-20-43-2/h5-14,25,36H,4,15-24,26-28,38H2,1-3H3/t36-,37-/m0/s1. The van der Waals surface area contributed by atoms with Crippen molar-refractivity contribution in [1.82, 2.24) is 4.31 Å². The van der Waals surface area contributed by atoms with E-state index in [1.165, 1.54) is 4.31 Å². The fraction of sp³-hybridized carbons (Fsp3) is 0.514. The van der Waals surface area contributed by atoms with Gasteiger partial charge < -0.3 is 39.1 Å². The second kappa shape index (κ2) is 17.7. The number of aryl methyl sites for hydroxylation is 1. The third-order valence-electron chi connectivity index (χ3n) is 9.11. The maximum atomic E-state index is 13.9. The van der Waals surface area contributed by atoms with E-state index >= 15 is 0 Å². The normalized spacial score (nSPS) is 19.8. The summed E-state index contributed by atoms with van der Waals surface area (Å²) in [5.41, 5.74) is 9.93. The van der Waals surface area contributed by atoms with E-state index in [1.807, 2.05) is 55.5 Å². The lowest BCUT2D eigenvalue weighted by Gasteiger charge is -2.47. The van der Waals surface area contributed by atoms with Crippen molar-refractivity contribution in [2.24, 2.45) is 5.73 Å². The molecule has 3 aromatic carbocycles. The molecule has 0 amide bonds. The molecule has 49 heavy (non-hydrogen) atoms. The van der Waals surface area contributed by atoms with Crippen molar-refractivity contribution < 1.29 is 36.8 Å². The quantitative estimate of drug-likeness (QED) is 0.193. The molecule has 2 aliphatic heterocycles. The van der Waals surface area contributed by atoms with Crippen LogP contribution < -0.4 is 15.4 Å². The van der Waals surface area contributed by atoms with Crippen molar-refractivity contribution in [3.8, 4) is 5.75 Å². The van der Waals surface area contributed by atoms with Gasteiger partial charge in [-0.05, 0) is 60.7 Å². The van der Waals surface area contributed by atoms with Crippen molar-refractivity contribution in [1.29, 1.82) is 0 Å². The van der Waals surface area contributed by atoms with E-state index in [1.54, 1.807) is 26.4 Å². The second-order valence-electron chi connectivity index (χ2n) is 12.5. The van der Waals surface area contributed by atoms with Gasteiger partial charge in [0.1, 0.15) is 24.1 Å². The lowest BCUT2D eigenvalue weighted by molar-refractivity contribution is -0.178. The maximum Gasteiger partial charge on any atom is 0.243 e. The molecule has 2 aliphatic rings. The molecular weight excluding hydrogens is 646 g/mol. The van der Waals surface area contributed by atoms with Gasteiger partial charge in [0.05, 0.1) is 50.2 Å². The first-order valence-corrected chi connectivity index (χ1v) is 18.4. The first-order valence-electron chi connectivity index (χ1n) is 17.0. The molecule has 12 heteroatoms. The highest BCUT2D eigenvalue weighted by Crippen LogP contribution is 2.41. The molecule has 0 spiro atoms. The number of methoxy groups -OCH3 is 2. The predicted molar refractivity (Wildman–Crippen MR) is 188 cm³/mol. The number of nitrogens with zero attached hydrogens (tertiary/aromatic N) is 2. The molecule has 0 saturated carbocycles. The van der Waals surface area contributed by atoms with Crippen molar-refractivity contribution in [3.63, 3.8) is 0 Å². The number of hydrogen-bond donors (Lipinski definition) is 1. The van der Waals surface area contributed by atoms with Gasteiger partial charge in [-0.2, -0.15) is 4.31 Å². The van der Waals surface area contributed by atoms with Crippen LogP contribution in [0, 0.1) is 6.92 Å². The van der Waals surface area contributed by atoms with Crippen molar-refractivity contribution >= 4 is 15.7 Å². The average Bonchev–Trinajstić information content (AvgIpc) is 3.12. The van der Waals surface area contributed by atoms with E-state index in [2.05, 4.69) is 11.0 Å². The van der Waals surface area contributed by atoms with Crippen LogP contribution in [-0.4, -0.2) is 98.8 Å². The number of benzene rings is 3. The number of rotatable bonds is 18. The highest BCUT2D eigenvalue weighted by molar-refractivity contribution is 7.89. The summed E-state index contributed by atoms with van der Waals surface area (Å²) in [6.07, 6.45) is 0.655. The number of sulfonamides is 1. The van der Waals surface area contributed by atoms with Gasteiger partial charge >= 0.3 is 0 Å². The van der Waals surface area contributed by atoms with Crippen molar-refractivity contribution in [2.75, 3.05) is 84.9 Å². The first-order chi connectivity index (χ1) is 23.8. The first kappa shape index (κ1) is 37.2. The Morgan fingerprint density at radius 2 is 1.65 bits per heavy atom. The lowest BCUT2D eigenvalue weighted by Crippen LogP contribution is -2.57. The number of hydrogen-bond acceptors (Lipinski definition) is 10. The van der Waals surface area contributed by atoms with Crippen molar-refractivity contribution in [3.05, 3.63) is 89.0 Å². The van der Waals surface area contributed by atoms with E-state index < -0.39 is 21.7 Å². The number of anilines is 1. The summed E-state index contributed by atoms with van der Waals surface area (Å²) < 4.78 is 64.9. The predicted octanol–water partition coefficient (Wildman–Crippen LogP) is 4.24. The molecular formula is C37H51N3O8S.